The molecular formula is C29H32Cl3N3O4. The van der Waals surface area contributed by atoms with Crippen molar-refractivity contribution in [1.29, 1.82) is 0 Å². The molecule has 3 fully saturated rings. The van der Waals surface area contributed by atoms with Crippen LogP contribution in [0.5, 0.6) is 5.75 Å². The fraction of sp³-hybridized carbons (Fsp3) is 0.483. The van der Waals surface area contributed by atoms with Gasteiger partial charge in [-0.15, -0.1) is 0 Å². The van der Waals surface area contributed by atoms with Crippen LogP contribution in [0.15, 0.2) is 42.5 Å². The number of piperidine rings is 1. The molecule has 5 rings (SSSR count). The Hall–Kier alpha value is -2.32. The molecule has 1 saturated carbocycles. The average molecular weight is 593 g/mol. The summed E-state index contributed by atoms with van der Waals surface area (Å²) in [6, 6.07) is 11.8. The highest BCUT2D eigenvalue weighted by Gasteiger charge is 2.57. The second-order valence-electron chi connectivity index (χ2n) is 11.2. The van der Waals surface area contributed by atoms with Crippen molar-refractivity contribution < 1.29 is 19.1 Å². The summed E-state index contributed by atoms with van der Waals surface area (Å²) in [5.41, 5.74) is -0.652. The summed E-state index contributed by atoms with van der Waals surface area (Å²) in [6.45, 7) is 3.81. The van der Waals surface area contributed by atoms with Gasteiger partial charge < -0.3 is 15.0 Å². The highest BCUT2D eigenvalue weighted by Crippen LogP contribution is 2.47. The smallest absolute Gasteiger partial charge is 0.410 e. The number of Topliss-reactive ketones (excluding diaryl/α,β-unsaturated/α-hetero) is 1. The molecule has 0 spiro atoms. The lowest BCUT2D eigenvalue weighted by Crippen LogP contribution is -2.62. The molecule has 39 heavy (non-hydrogen) atoms. The second kappa shape index (κ2) is 10.9. The van der Waals surface area contributed by atoms with Crippen LogP contribution < -0.4 is 10.1 Å². The lowest BCUT2D eigenvalue weighted by Gasteiger charge is -2.44. The standard InChI is InChI=1S/C29H32Cl3N3O4/c1-28(11-12-28)26(37)35-13-9-18(10-14-35)25(36)29(34(2)27(38)39-21-6-4-20(30)5-7-21)17-33-16-22(29)19-3-8-23(31)24(32)15-19/h3-8,15,18,22,33H,9-14,16-17H2,1-2H3/t22-,29+/m0/s1. The molecule has 1 N–H and O–H groups in total. The van der Waals surface area contributed by atoms with E-state index in [4.69, 9.17) is 39.5 Å². The SMILES string of the molecule is CN(C(=O)Oc1ccc(Cl)cc1)[C@]1(C(=O)C2CCN(C(=O)C3(C)CC3)CC2)CNC[C@H]1c1ccc(Cl)c(Cl)c1. The van der Waals surface area contributed by atoms with Gasteiger partial charge in [-0.05, 0) is 67.6 Å². The van der Waals surface area contributed by atoms with Gasteiger partial charge in [0.15, 0.2) is 5.78 Å². The first-order valence-corrected chi connectivity index (χ1v) is 14.4. The molecule has 0 unspecified atom stereocenters. The van der Waals surface area contributed by atoms with Gasteiger partial charge in [0.2, 0.25) is 5.91 Å². The number of likely N-dealkylation sites (N-methyl/N-ethyl adjacent to an activating group) is 1. The maximum Gasteiger partial charge on any atom is 0.415 e. The Morgan fingerprint density at radius 3 is 2.28 bits per heavy atom. The molecule has 0 radical (unpaired) electrons. The first-order valence-electron chi connectivity index (χ1n) is 13.3. The largest absolute Gasteiger partial charge is 0.415 e. The first-order chi connectivity index (χ1) is 18.5. The van der Waals surface area contributed by atoms with E-state index in [0.717, 1.165) is 18.4 Å². The van der Waals surface area contributed by atoms with Crippen LogP contribution in [0.1, 0.15) is 44.1 Å². The Morgan fingerprint density at radius 2 is 1.67 bits per heavy atom. The number of halogens is 3. The predicted octanol–water partition coefficient (Wildman–Crippen LogP) is 5.81. The third-order valence-electron chi connectivity index (χ3n) is 8.65. The lowest BCUT2D eigenvalue weighted by molar-refractivity contribution is -0.142. The van der Waals surface area contributed by atoms with Crippen LogP contribution in [0.4, 0.5) is 4.79 Å². The number of nitrogens with zero attached hydrogens (tertiary/aromatic N) is 2. The fourth-order valence-corrected chi connectivity index (χ4v) is 6.35. The molecule has 2 aromatic rings. The number of benzene rings is 2. The molecule has 0 bridgehead atoms. The van der Waals surface area contributed by atoms with Gasteiger partial charge in [-0.2, -0.15) is 0 Å². The molecule has 10 heteroatoms. The minimum absolute atomic E-state index is 0.0381. The zero-order valence-corrected chi connectivity index (χ0v) is 24.3. The number of nitrogens with one attached hydrogen (secondary N) is 1. The number of carbonyl (C=O) groups excluding carboxylic acids is 3. The predicted molar refractivity (Wildman–Crippen MR) is 152 cm³/mol. The third kappa shape index (κ3) is 5.39. The number of likely N-dealkylation sites (tertiary alicyclic amines) is 1. The topological polar surface area (TPSA) is 79.0 Å². The Bertz CT molecular complexity index is 1280. The van der Waals surface area contributed by atoms with Crippen molar-refractivity contribution in [2.45, 2.75) is 44.1 Å². The minimum atomic E-state index is -1.22. The maximum absolute atomic E-state index is 14.5. The van der Waals surface area contributed by atoms with Crippen molar-refractivity contribution in [2.75, 3.05) is 33.2 Å². The van der Waals surface area contributed by atoms with E-state index in [0.29, 0.717) is 53.3 Å². The van der Waals surface area contributed by atoms with Crippen LogP contribution in [0.3, 0.4) is 0 Å². The molecule has 7 nitrogen and oxygen atoms in total. The highest BCUT2D eigenvalue weighted by molar-refractivity contribution is 6.42. The zero-order valence-electron chi connectivity index (χ0n) is 22.0. The summed E-state index contributed by atoms with van der Waals surface area (Å²) >= 11 is 18.5. The summed E-state index contributed by atoms with van der Waals surface area (Å²) < 4.78 is 5.67. The molecule has 2 saturated heterocycles. The van der Waals surface area contributed by atoms with Crippen molar-refractivity contribution in [3.8, 4) is 5.75 Å². The number of carbonyl (C=O) groups is 3. The van der Waals surface area contributed by atoms with E-state index in [2.05, 4.69) is 5.32 Å². The molecule has 3 aliphatic rings. The van der Waals surface area contributed by atoms with Crippen molar-refractivity contribution in [3.05, 3.63) is 63.1 Å². The van der Waals surface area contributed by atoms with Gasteiger partial charge >= 0.3 is 6.09 Å². The lowest BCUT2D eigenvalue weighted by atomic mass is 9.72. The van der Waals surface area contributed by atoms with Crippen LogP contribution in [-0.4, -0.2) is 66.3 Å². The van der Waals surface area contributed by atoms with Gasteiger partial charge in [-0.3, -0.25) is 14.5 Å². The average Bonchev–Trinajstić information content (AvgIpc) is 3.53. The summed E-state index contributed by atoms with van der Waals surface area (Å²) in [6.07, 6.45) is 2.30. The van der Waals surface area contributed by atoms with Gasteiger partial charge in [0.05, 0.1) is 10.0 Å². The monoisotopic (exact) mass is 591 g/mol. The van der Waals surface area contributed by atoms with E-state index >= 15 is 0 Å². The van der Waals surface area contributed by atoms with Gasteiger partial charge in [0.1, 0.15) is 11.3 Å². The van der Waals surface area contributed by atoms with Crippen LogP contribution in [0, 0.1) is 11.3 Å². The van der Waals surface area contributed by atoms with Gasteiger partial charge in [0.25, 0.3) is 0 Å². The molecule has 208 valence electrons. The molecule has 2 aliphatic heterocycles. The zero-order chi connectivity index (χ0) is 27.9. The van der Waals surface area contributed by atoms with Crippen molar-refractivity contribution >= 4 is 52.6 Å². The molecule has 1 aliphatic carbocycles. The van der Waals surface area contributed by atoms with E-state index < -0.39 is 11.6 Å². The van der Waals surface area contributed by atoms with E-state index in [9.17, 15) is 14.4 Å². The normalized spacial score (nSPS) is 24.3. The van der Waals surface area contributed by atoms with Gasteiger partial charge in [-0.25, -0.2) is 4.79 Å². The number of ether oxygens (including phenoxy) is 1. The second-order valence-corrected chi connectivity index (χ2v) is 12.4. The van der Waals surface area contributed by atoms with Crippen LogP contribution in [-0.2, 0) is 9.59 Å². The van der Waals surface area contributed by atoms with E-state index in [1.807, 2.05) is 17.9 Å². The summed E-state index contributed by atoms with van der Waals surface area (Å²) in [4.78, 5) is 44.3. The summed E-state index contributed by atoms with van der Waals surface area (Å²) in [7, 11) is 1.61. The van der Waals surface area contributed by atoms with E-state index in [1.54, 1.807) is 43.4 Å². The molecule has 2 aromatic carbocycles. The van der Waals surface area contributed by atoms with E-state index in [-0.39, 0.29) is 35.5 Å². The first kappa shape index (κ1) is 28.2. The summed E-state index contributed by atoms with van der Waals surface area (Å²) in [5, 5.41) is 4.67. The van der Waals surface area contributed by atoms with Gasteiger partial charge in [0, 0.05) is 55.5 Å². The summed E-state index contributed by atoms with van der Waals surface area (Å²) in [5.74, 6) is -0.215. The quantitative estimate of drug-likeness (QED) is 0.458. The number of amides is 2. The molecular weight excluding hydrogens is 561 g/mol. The van der Waals surface area contributed by atoms with Crippen LogP contribution in [0.25, 0.3) is 0 Å². The van der Waals surface area contributed by atoms with E-state index in [1.165, 1.54) is 4.90 Å². The Kier molecular flexibility index (Phi) is 7.90. The number of rotatable bonds is 6. The minimum Gasteiger partial charge on any atom is -0.410 e. The van der Waals surface area contributed by atoms with Crippen molar-refractivity contribution in [2.24, 2.45) is 11.3 Å². The number of hydrogen-bond acceptors (Lipinski definition) is 5. The highest BCUT2D eigenvalue weighted by atomic mass is 35.5. The van der Waals surface area contributed by atoms with Crippen molar-refractivity contribution in [3.63, 3.8) is 0 Å². The molecule has 2 amide bonds. The molecule has 2 heterocycles. The Labute approximate surface area is 243 Å². The fourth-order valence-electron chi connectivity index (χ4n) is 5.91. The molecule has 2 atom stereocenters. The Balaban J connectivity index is 1.43. The van der Waals surface area contributed by atoms with Crippen molar-refractivity contribution in [1.82, 2.24) is 15.1 Å². The van der Waals surface area contributed by atoms with Crippen LogP contribution in [0.2, 0.25) is 15.1 Å². The van der Waals surface area contributed by atoms with Gasteiger partial charge in [-0.1, -0.05) is 47.8 Å². The third-order valence-corrected chi connectivity index (χ3v) is 9.64. The van der Waals surface area contributed by atoms with Crippen LogP contribution >= 0.6 is 34.8 Å². The number of hydrogen-bond donors (Lipinski definition) is 1. The Morgan fingerprint density at radius 1 is 1.00 bits per heavy atom. The molecule has 0 aromatic heterocycles. The number of ketones is 1. The maximum atomic E-state index is 14.5.